The highest BCUT2D eigenvalue weighted by Gasteiger charge is 2.31. The molecule has 1 aromatic rings. The molecule has 6 heteroatoms. The fourth-order valence-corrected chi connectivity index (χ4v) is 1.87. The topological polar surface area (TPSA) is 90.9 Å². The van der Waals surface area contributed by atoms with E-state index in [9.17, 15) is 4.79 Å². The Balaban J connectivity index is 1.60. The minimum atomic E-state index is -0.264. The van der Waals surface area contributed by atoms with E-state index in [4.69, 9.17) is 5.11 Å². The van der Waals surface area contributed by atoms with Crippen molar-refractivity contribution in [1.82, 2.24) is 20.5 Å². The fraction of sp³-hybridized carbons (Fsp3) is 0.700. The van der Waals surface area contributed by atoms with Crippen molar-refractivity contribution < 1.29 is 9.90 Å². The van der Waals surface area contributed by atoms with Crippen molar-refractivity contribution in [1.29, 1.82) is 0 Å². The van der Waals surface area contributed by atoms with Gasteiger partial charge in [0.15, 0.2) is 0 Å². The summed E-state index contributed by atoms with van der Waals surface area (Å²) in [4.78, 5) is 15.8. The van der Waals surface area contributed by atoms with E-state index in [0.29, 0.717) is 18.8 Å². The first-order chi connectivity index (χ1) is 7.72. The van der Waals surface area contributed by atoms with Crippen molar-refractivity contribution in [3.05, 3.63) is 11.6 Å². The Labute approximate surface area is 92.5 Å². The van der Waals surface area contributed by atoms with Crippen molar-refractivity contribution in [2.45, 2.75) is 43.7 Å². The molecule has 1 amide bonds. The molecule has 3 N–H and O–H groups in total. The Kier molecular flexibility index (Phi) is 2.17. The number of H-pyrrole nitrogens is 1. The number of carbonyl (C=O) groups excluding carboxylic acids is 1. The molecular formula is C10H14N4O2. The summed E-state index contributed by atoms with van der Waals surface area (Å²) in [5.41, 5.74) is 0. The Hall–Kier alpha value is -1.43. The first kappa shape index (κ1) is 9.77. The molecule has 0 spiro atoms. The van der Waals surface area contributed by atoms with Crippen LogP contribution >= 0.6 is 0 Å². The minimum Gasteiger partial charge on any atom is -0.393 e. The van der Waals surface area contributed by atoms with Crippen molar-refractivity contribution >= 4 is 5.91 Å². The maximum atomic E-state index is 11.7. The summed E-state index contributed by atoms with van der Waals surface area (Å²) < 4.78 is 0. The zero-order chi connectivity index (χ0) is 11.1. The first-order valence-corrected chi connectivity index (χ1v) is 5.63. The lowest BCUT2D eigenvalue weighted by atomic mass is 9.89. The zero-order valence-corrected chi connectivity index (χ0v) is 8.81. The van der Waals surface area contributed by atoms with Gasteiger partial charge in [0.25, 0.3) is 5.91 Å². The van der Waals surface area contributed by atoms with Gasteiger partial charge in [-0.15, -0.1) is 5.10 Å². The number of hydrogen-bond acceptors (Lipinski definition) is 4. The SMILES string of the molecule is O=C(NC1CC(O)C1)c1n[nH]c(C2CC2)n1. The summed E-state index contributed by atoms with van der Waals surface area (Å²) in [6, 6.07) is 0.0744. The van der Waals surface area contributed by atoms with Crippen LogP contribution in [0.3, 0.4) is 0 Å². The molecule has 2 aliphatic rings. The molecule has 3 rings (SSSR count). The standard InChI is InChI=1S/C10H14N4O2/c15-7-3-6(4-7)11-10(16)9-12-8(13-14-9)5-1-2-5/h5-7,15H,1-4H2,(H,11,16)(H,12,13,14). The lowest BCUT2D eigenvalue weighted by Crippen LogP contribution is -2.47. The quantitative estimate of drug-likeness (QED) is 0.668. The monoisotopic (exact) mass is 222 g/mol. The number of aromatic amines is 1. The summed E-state index contributed by atoms with van der Waals surface area (Å²) in [7, 11) is 0. The van der Waals surface area contributed by atoms with E-state index in [-0.39, 0.29) is 23.9 Å². The third-order valence-electron chi connectivity index (χ3n) is 3.12. The van der Waals surface area contributed by atoms with E-state index in [1.54, 1.807) is 0 Å². The molecule has 2 fully saturated rings. The Morgan fingerprint density at radius 1 is 1.44 bits per heavy atom. The third-order valence-corrected chi connectivity index (χ3v) is 3.12. The van der Waals surface area contributed by atoms with Crippen molar-refractivity contribution in [2.75, 3.05) is 0 Å². The second-order valence-corrected chi connectivity index (χ2v) is 4.61. The van der Waals surface area contributed by atoms with E-state index in [0.717, 1.165) is 18.7 Å². The number of hydrogen-bond donors (Lipinski definition) is 3. The van der Waals surface area contributed by atoms with Crippen LogP contribution in [0, 0.1) is 0 Å². The molecule has 16 heavy (non-hydrogen) atoms. The normalized spacial score (nSPS) is 28.6. The third kappa shape index (κ3) is 1.80. The molecule has 86 valence electrons. The van der Waals surface area contributed by atoms with Crippen LogP contribution in [0.15, 0.2) is 0 Å². The number of aromatic nitrogens is 3. The number of aliphatic hydroxyl groups is 1. The molecule has 0 bridgehead atoms. The van der Waals surface area contributed by atoms with Gasteiger partial charge in [-0.25, -0.2) is 4.98 Å². The summed E-state index contributed by atoms with van der Waals surface area (Å²) in [6.07, 6.45) is 3.26. The van der Waals surface area contributed by atoms with Gasteiger partial charge in [-0.1, -0.05) is 0 Å². The molecule has 2 saturated carbocycles. The minimum absolute atomic E-state index is 0.0744. The summed E-state index contributed by atoms with van der Waals surface area (Å²) >= 11 is 0. The smallest absolute Gasteiger partial charge is 0.291 e. The Bertz CT molecular complexity index is 407. The van der Waals surface area contributed by atoms with E-state index in [1.807, 2.05) is 0 Å². The van der Waals surface area contributed by atoms with E-state index >= 15 is 0 Å². The van der Waals surface area contributed by atoms with Gasteiger partial charge in [0.2, 0.25) is 5.82 Å². The van der Waals surface area contributed by atoms with Gasteiger partial charge in [-0.05, 0) is 25.7 Å². The predicted octanol–water partition coefficient (Wildman–Crippen LogP) is -0.0648. The van der Waals surface area contributed by atoms with E-state index in [1.165, 1.54) is 0 Å². The molecule has 0 aromatic carbocycles. The van der Waals surface area contributed by atoms with Gasteiger partial charge < -0.3 is 10.4 Å². The average Bonchev–Trinajstić information content (AvgIpc) is 2.94. The molecule has 6 nitrogen and oxygen atoms in total. The molecule has 0 aliphatic heterocycles. The molecule has 2 aliphatic carbocycles. The first-order valence-electron chi connectivity index (χ1n) is 5.63. The van der Waals surface area contributed by atoms with Crippen molar-refractivity contribution in [3.8, 4) is 0 Å². The van der Waals surface area contributed by atoms with Crippen LogP contribution in [0.4, 0.5) is 0 Å². The summed E-state index contributed by atoms with van der Waals surface area (Å²) in [5.74, 6) is 1.25. The highest BCUT2D eigenvalue weighted by molar-refractivity contribution is 5.90. The van der Waals surface area contributed by atoms with Crippen LogP contribution in [0.25, 0.3) is 0 Å². The van der Waals surface area contributed by atoms with Gasteiger partial charge in [-0.3, -0.25) is 9.89 Å². The maximum Gasteiger partial charge on any atom is 0.291 e. The molecule has 0 unspecified atom stereocenters. The lowest BCUT2D eigenvalue weighted by Gasteiger charge is -2.31. The van der Waals surface area contributed by atoms with Gasteiger partial charge in [0.1, 0.15) is 5.82 Å². The van der Waals surface area contributed by atoms with Gasteiger partial charge >= 0.3 is 0 Å². The summed E-state index contributed by atoms with van der Waals surface area (Å²) in [5, 5.41) is 18.6. The highest BCUT2D eigenvalue weighted by atomic mass is 16.3. The molecular weight excluding hydrogens is 208 g/mol. The number of rotatable bonds is 3. The number of nitrogens with one attached hydrogen (secondary N) is 2. The largest absolute Gasteiger partial charge is 0.393 e. The number of aliphatic hydroxyl groups excluding tert-OH is 1. The highest BCUT2D eigenvalue weighted by Crippen LogP contribution is 2.37. The van der Waals surface area contributed by atoms with Crippen LogP contribution in [0.1, 0.15) is 48.0 Å². The Morgan fingerprint density at radius 3 is 2.81 bits per heavy atom. The maximum absolute atomic E-state index is 11.7. The van der Waals surface area contributed by atoms with Crippen molar-refractivity contribution in [3.63, 3.8) is 0 Å². The molecule has 0 atom stereocenters. The van der Waals surface area contributed by atoms with E-state index in [2.05, 4.69) is 20.5 Å². The molecule has 1 heterocycles. The second-order valence-electron chi connectivity index (χ2n) is 4.61. The van der Waals surface area contributed by atoms with Gasteiger partial charge in [0.05, 0.1) is 6.10 Å². The lowest BCUT2D eigenvalue weighted by molar-refractivity contribution is 0.0558. The Morgan fingerprint density at radius 2 is 2.19 bits per heavy atom. The van der Waals surface area contributed by atoms with Crippen LogP contribution in [0.2, 0.25) is 0 Å². The average molecular weight is 222 g/mol. The van der Waals surface area contributed by atoms with Gasteiger partial charge in [-0.2, -0.15) is 0 Å². The number of carbonyl (C=O) groups is 1. The van der Waals surface area contributed by atoms with E-state index < -0.39 is 0 Å². The second kappa shape index (κ2) is 3.55. The molecule has 1 aromatic heterocycles. The number of amides is 1. The fourth-order valence-electron chi connectivity index (χ4n) is 1.87. The zero-order valence-electron chi connectivity index (χ0n) is 8.81. The van der Waals surface area contributed by atoms with Crippen LogP contribution in [-0.4, -0.2) is 38.3 Å². The summed E-state index contributed by atoms with van der Waals surface area (Å²) in [6.45, 7) is 0. The van der Waals surface area contributed by atoms with Gasteiger partial charge in [0, 0.05) is 12.0 Å². The molecule has 0 radical (unpaired) electrons. The predicted molar refractivity (Wildman–Crippen MR) is 54.9 cm³/mol. The van der Waals surface area contributed by atoms with Crippen LogP contribution in [-0.2, 0) is 0 Å². The van der Waals surface area contributed by atoms with Crippen molar-refractivity contribution in [2.24, 2.45) is 0 Å². The van der Waals surface area contributed by atoms with Crippen LogP contribution in [0.5, 0.6) is 0 Å². The van der Waals surface area contributed by atoms with Crippen LogP contribution < -0.4 is 5.32 Å². The molecule has 0 saturated heterocycles. The number of nitrogens with zero attached hydrogens (tertiary/aromatic N) is 2.